The van der Waals surface area contributed by atoms with Crippen molar-refractivity contribution in [3.63, 3.8) is 0 Å². The predicted octanol–water partition coefficient (Wildman–Crippen LogP) is 2.30. The van der Waals surface area contributed by atoms with Crippen molar-refractivity contribution < 1.29 is 5.11 Å². The first-order valence-corrected chi connectivity index (χ1v) is 6.07. The normalized spacial score (nSPS) is 23.4. The third kappa shape index (κ3) is 2.96. The molecule has 0 bridgehead atoms. The van der Waals surface area contributed by atoms with Gasteiger partial charge in [0.05, 0.1) is 0 Å². The van der Waals surface area contributed by atoms with E-state index in [-0.39, 0.29) is 12.0 Å². The lowest BCUT2D eigenvalue weighted by molar-refractivity contribution is 0.0891. The maximum absolute atomic E-state index is 9.43. The highest BCUT2D eigenvalue weighted by molar-refractivity contribution is 4.82. The van der Waals surface area contributed by atoms with E-state index in [4.69, 9.17) is 5.73 Å². The second-order valence-electron chi connectivity index (χ2n) is 4.92. The highest BCUT2D eigenvalue weighted by Gasteiger charge is 2.29. The standard InChI is InChI=1S/C12H25NO/c1-2-12(9-13,10-14)8-11-6-4-3-5-7-11/h11,14H,2-10,13H2,1H3. The van der Waals surface area contributed by atoms with Crippen LogP contribution in [0.3, 0.4) is 0 Å². The van der Waals surface area contributed by atoms with Crippen LogP contribution in [-0.2, 0) is 0 Å². The smallest absolute Gasteiger partial charge is 0.0499 e. The Balaban J connectivity index is 2.44. The molecule has 1 aliphatic rings. The van der Waals surface area contributed by atoms with Crippen molar-refractivity contribution in [2.45, 2.75) is 51.9 Å². The van der Waals surface area contributed by atoms with E-state index in [0.717, 1.165) is 18.8 Å². The van der Waals surface area contributed by atoms with Crippen LogP contribution in [0.15, 0.2) is 0 Å². The van der Waals surface area contributed by atoms with Gasteiger partial charge in [0.1, 0.15) is 0 Å². The summed E-state index contributed by atoms with van der Waals surface area (Å²) in [6.45, 7) is 3.04. The van der Waals surface area contributed by atoms with Crippen LogP contribution in [-0.4, -0.2) is 18.3 Å². The molecule has 0 aliphatic heterocycles. The lowest BCUT2D eigenvalue weighted by atomic mass is 9.73. The average molecular weight is 199 g/mol. The van der Waals surface area contributed by atoms with E-state index in [0.29, 0.717) is 6.54 Å². The summed E-state index contributed by atoms with van der Waals surface area (Å²) in [6, 6.07) is 0. The lowest BCUT2D eigenvalue weighted by Gasteiger charge is -2.34. The summed E-state index contributed by atoms with van der Waals surface area (Å²) < 4.78 is 0. The third-order valence-corrected chi connectivity index (χ3v) is 3.96. The van der Waals surface area contributed by atoms with Crippen LogP contribution in [0.25, 0.3) is 0 Å². The Labute approximate surface area is 87.9 Å². The highest BCUT2D eigenvalue weighted by Crippen LogP contribution is 2.36. The average Bonchev–Trinajstić information content (AvgIpc) is 2.28. The molecule has 0 amide bonds. The fraction of sp³-hybridized carbons (Fsp3) is 1.00. The molecule has 14 heavy (non-hydrogen) atoms. The zero-order chi connectivity index (χ0) is 10.4. The topological polar surface area (TPSA) is 46.2 Å². The Morgan fingerprint density at radius 1 is 1.29 bits per heavy atom. The molecule has 0 saturated heterocycles. The maximum atomic E-state index is 9.43. The summed E-state index contributed by atoms with van der Waals surface area (Å²) in [5.41, 5.74) is 5.80. The summed E-state index contributed by atoms with van der Waals surface area (Å²) in [4.78, 5) is 0. The van der Waals surface area contributed by atoms with Crippen LogP contribution in [0.1, 0.15) is 51.9 Å². The zero-order valence-electron chi connectivity index (χ0n) is 9.47. The Morgan fingerprint density at radius 3 is 2.36 bits per heavy atom. The van der Waals surface area contributed by atoms with Crippen molar-refractivity contribution in [1.82, 2.24) is 0 Å². The summed E-state index contributed by atoms with van der Waals surface area (Å²) in [5.74, 6) is 0.819. The van der Waals surface area contributed by atoms with E-state index in [1.807, 2.05) is 0 Å². The van der Waals surface area contributed by atoms with Crippen molar-refractivity contribution in [3.05, 3.63) is 0 Å². The van der Waals surface area contributed by atoms with Gasteiger partial charge in [-0.1, -0.05) is 39.0 Å². The van der Waals surface area contributed by atoms with Gasteiger partial charge in [-0.2, -0.15) is 0 Å². The van der Waals surface area contributed by atoms with Gasteiger partial charge in [-0.3, -0.25) is 0 Å². The second kappa shape index (κ2) is 5.72. The molecule has 0 spiro atoms. The number of aliphatic hydroxyl groups excluding tert-OH is 1. The molecule has 2 heteroatoms. The summed E-state index contributed by atoms with van der Waals surface area (Å²) in [5, 5.41) is 9.43. The minimum atomic E-state index is 0.0159. The van der Waals surface area contributed by atoms with Gasteiger partial charge in [0, 0.05) is 18.6 Å². The number of aliphatic hydroxyl groups is 1. The summed E-state index contributed by atoms with van der Waals surface area (Å²) in [7, 11) is 0. The van der Waals surface area contributed by atoms with E-state index >= 15 is 0 Å². The van der Waals surface area contributed by atoms with Crippen molar-refractivity contribution in [3.8, 4) is 0 Å². The molecule has 1 atom stereocenters. The molecule has 0 heterocycles. The molecule has 1 rings (SSSR count). The second-order valence-corrected chi connectivity index (χ2v) is 4.92. The molecule has 2 nitrogen and oxygen atoms in total. The van der Waals surface area contributed by atoms with E-state index in [9.17, 15) is 5.11 Å². The van der Waals surface area contributed by atoms with Crippen molar-refractivity contribution in [2.75, 3.05) is 13.2 Å². The first-order valence-electron chi connectivity index (χ1n) is 6.07. The van der Waals surface area contributed by atoms with Crippen LogP contribution in [0.4, 0.5) is 0 Å². The molecule has 0 aromatic carbocycles. The lowest BCUT2D eigenvalue weighted by Crippen LogP contribution is -2.36. The van der Waals surface area contributed by atoms with Gasteiger partial charge < -0.3 is 10.8 Å². The summed E-state index contributed by atoms with van der Waals surface area (Å²) >= 11 is 0. The molecule has 3 N–H and O–H groups in total. The van der Waals surface area contributed by atoms with Gasteiger partial charge in [0.25, 0.3) is 0 Å². The Kier molecular flexibility index (Phi) is 4.90. The van der Waals surface area contributed by atoms with Crippen molar-refractivity contribution >= 4 is 0 Å². The van der Waals surface area contributed by atoms with Crippen LogP contribution < -0.4 is 5.73 Å². The van der Waals surface area contributed by atoms with Crippen LogP contribution in [0, 0.1) is 11.3 Å². The molecule has 1 aliphatic carbocycles. The van der Waals surface area contributed by atoms with Crippen LogP contribution in [0.5, 0.6) is 0 Å². The van der Waals surface area contributed by atoms with Crippen LogP contribution >= 0.6 is 0 Å². The molecule has 84 valence electrons. The van der Waals surface area contributed by atoms with Crippen LogP contribution in [0.2, 0.25) is 0 Å². The molecular formula is C12H25NO. The molecule has 1 fully saturated rings. The van der Waals surface area contributed by atoms with E-state index < -0.39 is 0 Å². The van der Waals surface area contributed by atoms with Gasteiger partial charge in [-0.15, -0.1) is 0 Å². The SMILES string of the molecule is CCC(CN)(CO)CC1CCCCC1. The van der Waals surface area contributed by atoms with Gasteiger partial charge in [-0.05, 0) is 18.8 Å². The molecule has 0 aromatic rings. The molecular weight excluding hydrogens is 174 g/mol. The Morgan fingerprint density at radius 2 is 1.93 bits per heavy atom. The van der Waals surface area contributed by atoms with Crippen molar-refractivity contribution in [1.29, 1.82) is 0 Å². The van der Waals surface area contributed by atoms with Crippen molar-refractivity contribution in [2.24, 2.45) is 17.1 Å². The van der Waals surface area contributed by atoms with E-state index in [2.05, 4.69) is 6.92 Å². The minimum absolute atomic E-state index is 0.0159. The maximum Gasteiger partial charge on any atom is 0.0499 e. The number of hydrogen-bond donors (Lipinski definition) is 2. The third-order valence-electron chi connectivity index (χ3n) is 3.96. The number of rotatable bonds is 5. The fourth-order valence-electron chi connectivity index (χ4n) is 2.62. The number of nitrogens with two attached hydrogens (primary N) is 1. The molecule has 1 saturated carbocycles. The first kappa shape index (κ1) is 12.0. The highest BCUT2D eigenvalue weighted by atomic mass is 16.3. The predicted molar refractivity (Wildman–Crippen MR) is 60.1 cm³/mol. The molecule has 1 unspecified atom stereocenters. The Bertz CT molecular complexity index is 140. The number of hydrogen-bond acceptors (Lipinski definition) is 2. The van der Waals surface area contributed by atoms with E-state index in [1.54, 1.807) is 0 Å². The minimum Gasteiger partial charge on any atom is -0.396 e. The fourth-order valence-corrected chi connectivity index (χ4v) is 2.62. The quantitative estimate of drug-likeness (QED) is 0.713. The van der Waals surface area contributed by atoms with E-state index in [1.165, 1.54) is 32.1 Å². The van der Waals surface area contributed by atoms with Gasteiger partial charge in [-0.25, -0.2) is 0 Å². The summed E-state index contributed by atoms with van der Waals surface area (Å²) in [6.07, 6.45) is 8.99. The largest absolute Gasteiger partial charge is 0.396 e. The molecule has 0 radical (unpaired) electrons. The monoisotopic (exact) mass is 199 g/mol. The molecule has 0 aromatic heterocycles. The van der Waals surface area contributed by atoms with Gasteiger partial charge >= 0.3 is 0 Å². The zero-order valence-corrected chi connectivity index (χ0v) is 9.47. The van der Waals surface area contributed by atoms with Gasteiger partial charge in [0.15, 0.2) is 0 Å². The first-order chi connectivity index (χ1) is 6.76. The van der Waals surface area contributed by atoms with Gasteiger partial charge in [0.2, 0.25) is 0 Å². The Hall–Kier alpha value is -0.0800.